The van der Waals surface area contributed by atoms with Crippen molar-refractivity contribution >= 4 is 43.5 Å². The van der Waals surface area contributed by atoms with Crippen molar-refractivity contribution in [2.75, 3.05) is 0 Å². The van der Waals surface area contributed by atoms with E-state index in [1.807, 2.05) is 11.1 Å². The maximum absolute atomic E-state index is 14.2. The number of rotatable bonds is 3. The minimum atomic E-state index is -0.183. The van der Waals surface area contributed by atoms with Crippen LogP contribution in [0.2, 0.25) is 0 Å². The number of hydrogen-bond acceptors (Lipinski definition) is 2. The molecule has 7 rings (SSSR count). The van der Waals surface area contributed by atoms with Crippen LogP contribution in [0.3, 0.4) is 0 Å². The number of hydrogen-bond donors (Lipinski definition) is 0. The fourth-order valence-corrected chi connectivity index (χ4v) is 7.78. The van der Waals surface area contributed by atoms with Crippen molar-refractivity contribution < 1.29 is 4.79 Å². The minimum Gasteiger partial charge on any atom is -0.272 e. The van der Waals surface area contributed by atoms with Gasteiger partial charge in [-0.25, -0.2) is 5.01 Å². The lowest BCUT2D eigenvalue weighted by atomic mass is 9.49. The third-order valence-electron chi connectivity index (χ3n) is 8.02. The molecule has 4 saturated carbocycles. The van der Waals surface area contributed by atoms with E-state index in [1.165, 1.54) is 19.3 Å². The fourth-order valence-electron chi connectivity index (χ4n) is 7.10. The van der Waals surface area contributed by atoms with Crippen molar-refractivity contribution in [3.05, 3.63) is 68.6 Å². The first-order chi connectivity index (χ1) is 15.0. The average molecular weight is 542 g/mol. The third kappa shape index (κ3) is 3.52. The van der Waals surface area contributed by atoms with Gasteiger partial charge < -0.3 is 0 Å². The molecule has 0 N–H and O–H groups in total. The highest BCUT2D eigenvalue weighted by Gasteiger charge is 2.57. The Morgan fingerprint density at radius 2 is 1.55 bits per heavy atom. The van der Waals surface area contributed by atoms with E-state index in [0.29, 0.717) is 0 Å². The molecule has 3 nitrogen and oxygen atoms in total. The normalized spacial score (nSPS) is 33.6. The summed E-state index contributed by atoms with van der Waals surface area (Å²) in [6, 6.07) is 16.6. The summed E-state index contributed by atoms with van der Waals surface area (Å²) in [7, 11) is 0. The molecule has 0 unspecified atom stereocenters. The summed E-state index contributed by atoms with van der Waals surface area (Å²) in [5.41, 5.74) is 3.08. The van der Waals surface area contributed by atoms with Crippen molar-refractivity contribution in [3.63, 3.8) is 0 Å². The number of nitrogens with zero attached hydrogens (tertiary/aromatic N) is 2. The summed E-state index contributed by atoms with van der Waals surface area (Å²) in [5.74, 6) is 2.52. The van der Waals surface area contributed by atoms with Crippen LogP contribution >= 0.6 is 31.9 Å². The maximum Gasteiger partial charge on any atom is 0.249 e. The smallest absolute Gasteiger partial charge is 0.249 e. The molecule has 5 heteroatoms. The van der Waals surface area contributed by atoms with Gasteiger partial charge in [-0.3, -0.25) is 4.79 Å². The highest BCUT2D eigenvalue weighted by atomic mass is 79.9. The van der Waals surface area contributed by atoms with Crippen LogP contribution < -0.4 is 0 Å². The molecule has 4 aliphatic carbocycles. The zero-order valence-electron chi connectivity index (χ0n) is 17.4. The summed E-state index contributed by atoms with van der Waals surface area (Å²) in [5, 5.41) is 6.88. The summed E-state index contributed by atoms with van der Waals surface area (Å²) < 4.78 is 2.10. The SMILES string of the molecule is O=C(N1N=C(c2ccc(Br)cc2)C[C@H]1c1cccc(Br)c1)C12CC3CC(CC(C3)C1)C2. The van der Waals surface area contributed by atoms with Crippen LogP contribution in [0.25, 0.3) is 0 Å². The molecule has 0 radical (unpaired) electrons. The maximum atomic E-state index is 14.2. The van der Waals surface area contributed by atoms with Gasteiger partial charge in [-0.05, 0) is 91.7 Å². The monoisotopic (exact) mass is 540 g/mol. The van der Waals surface area contributed by atoms with E-state index in [9.17, 15) is 4.79 Å². The summed E-state index contributed by atoms with van der Waals surface area (Å²) in [4.78, 5) is 14.2. The molecule has 1 atom stereocenters. The van der Waals surface area contributed by atoms with Gasteiger partial charge in [-0.15, -0.1) is 0 Å². The second-order valence-electron chi connectivity index (χ2n) is 10.2. The molecular weight excluding hydrogens is 516 g/mol. The molecule has 0 aromatic heterocycles. The van der Waals surface area contributed by atoms with Gasteiger partial charge in [0.1, 0.15) is 0 Å². The predicted octanol–water partition coefficient (Wildman–Crippen LogP) is 7.11. The molecule has 0 spiro atoms. The molecule has 2 aromatic carbocycles. The number of hydrazone groups is 1. The second-order valence-corrected chi connectivity index (χ2v) is 12.0. The van der Waals surface area contributed by atoms with Gasteiger partial charge in [-0.1, -0.05) is 56.1 Å². The number of halogens is 2. The Kier molecular flexibility index (Phi) is 4.91. The van der Waals surface area contributed by atoms with E-state index in [1.54, 1.807) is 0 Å². The van der Waals surface area contributed by atoms with Crippen LogP contribution in [0.15, 0.2) is 62.6 Å². The van der Waals surface area contributed by atoms with Crippen LogP contribution in [-0.4, -0.2) is 16.6 Å². The molecule has 0 saturated heterocycles. The van der Waals surface area contributed by atoms with Crippen molar-refractivity contribution in [3.8, 4) is 0 Å². The van der Waals surface area contributed by atoms with E-state index >= 15 is 0 Å². The van der Waals surface area contributed by atoms with Gasteiger partial charge in [0, 0.05) is 15.4 Å². The van der Waals surface area contributed by atoms with Crippen molar-refractivity contribution in [2.45, 2.75) is 51.0 Å². The van der Waals surface area contributed by atoms with E-state index in [4.69, 9.17) is 5.10 Å². The molecule has 160 valence electrons. The Labute approximate surface area is 200 Å². The van der Waals surface area contributed by atoms with Crippen LogP contribution in [0.1, 0.15) is 62.1 Å². The number of carbonyl (C=O) groups excluding carboxylic acids is 1. The topological polar surface area (TPSA) is 32.7 Å². The Balaban J connectivity index is 1.38. The number of amides is 1. The first kappa shape index (κ1) is 20.2. The molecule has 1 aliphatic heterocycles. The minimum absolute atomic E-state index is 0.0309. The molecule has 5 aliphatic rings. The van der Waals surface area contributed by atoms with Gasteiger partial charge >= 0.3 is 0 Å². The average Bonchev–Trinajstić information content (AvgIpc) is 3.18. The molecule has 1 heterocycles. The second kappa shape index (κ2) is 7.55. The molecule has 2 aromatic rings. The summed E-state index contributed by atoms with van der Waals surface area (Å²) in [6.45, 7) is 0. The Morgan fingerprint density at radius 1 is 0.903 bits per heavy atom. The highest BCUT2D eigenvalue weighted by molar-refractivity contribution is 9.10. The standard InChI is InChI=1S/C26H26Br2N2O/c27-21-6-4-19(5-7-21)23-12-24(20-2-1-3-22(28)11-20)30(29-23)25(31)26-13-16-8-17(14-26)10-18(9-16)15-26/h1-7,11,16-18,24H,8-10,12-15H2/t16?,17?,18?,24-,26?/m0/s1. The number of benzene rings is 2. The van der Waals surface area contributed by atoms with Gasteiger partial charge in [-0.2, -0.15) is 5.10 Å². The van der Waals surface area contributed by atoms with Crippen molar-refractivity contribution in [1.29, 1.82) is 0 Å². The predicted molar refractivity (Wildman–Crippen MR) is 130 cm³/mol. The lowest BCUT2D eigenvalue weighted by molar-refractivity contribution is -0.159. The van der Waals surface area contributed by atoms with E-state index < -0.39 is 0 Å². The summed E-state index contributed by atoms with van der Waals surface area (Å²) in [6.07, 6.45) is 8.00. The van der Waals surface area contributed by atoms with Gasteiger partial charge in [0.05, 0.1) is 17.2 Å². The van der Waals surface area contributed by atoms with Crippen LogP contribution in [-0.2, 0) is 4.79 Å². The zero-order valence-corrected chi connectivity index (χ0v) is 20.6. The lowest BCUT2D eigenvalue weighted by Crippen LogP contribution is -2.53. The van der Waals surface area contributed by atoms with Gasteiger partial charge in [0.15, 0.2) is 0 Å². The van der Waals surface area contributed by atoms with Crippen molar-refractivity contribution in [2.24, 2.45) is 28.3 Å². The van der Waals surface area contributed by atoms with Crippen LogP contribution in [0, 0.1) is 23.2 Å². The molecule has 1 amide bonds. The Hall–Kier alpha value is -1.46. The molecular formula is C26H26Br2N2O. The molecule has 4 bridgehead atoms. The molecule has 31 heavy (non-hydrogen) atoms. The van der Waals surface area contributed by atoms with Crippen molar-refractivity contribution in [1.82, 2.24) is 5.01 Å². The van der Waals surface area contributed by atoms with E-state index in [-0.39, 0.29) is 17.4 Å². The van der Waals surface area contributed by atoms with E-state index in [2.05, 4.69) is 74.3 Å². The zero-order chi connectivity index (χ0) is 21.2. The Morgan fingerprint density at radius 3 is 2.16 bits per heavy atom. The Bertz CT molecular complexity index is 1030. The summed E-state index contributed by atoms with van der Waals surface area (Å²) >= 11 is 7.15. The first-order valence-corrected chi connectivity index (χ1v) is 13.0. The largest absolute Gasteiger partial charge is 0.272 e. The third-order valence-corrected chi connectivity index (χ3v) is 9.04. The highest BCUT2D eigenvalue weighted by Crippen LogP contribution is 2.61. The molecule has 4 fully saturated rings. The van der Waals surface area contributed by atoms with Crippen LogP contribution in [0.5, 0.6) is 0 Å². The fraction of sp³-hybridized carbons (Fsp3) is 0.462. The van der Waals surface area contributed by atoms with Gasteiger partial charge in [0.25, 0.3) is 0 Å². The van der Waals surface area contributed by atoms with Crippen LogP contribution in [0.4, 0.5) is 0 Å². The van der Waals surface area contributed by atoms with Gasteiger partial charge in [0.2, 0.25) is 5.91 Å². The lowest BCUT2D eigenvalue weighted by Gasteiger charge is -2.56. The number of carbonyl (C=O) groups is 1. The van der Waals surface area contributed by atoms with E-state index in [0.717, 1.165) is 69.2 Å². The first-order valence-electron chi connectivity index (χ1n) is 11.4. The quantitative estimate of drug-likeness (QED) is 0.407.